The van der Waals surface area contributed by atoms with Crippen LogP contribution >= 0.6 is 0 Å². The Labute approximate surface area is 127 Å². The van der Waals surface area contributed by atoms with Gasteiger partial charge in [0.15, 0.2) is 5.76 Å². The second kappa shape index (κ2) is 8.45. The maximum atomic E-state index is 5.79. The Kier molecular flexibility index (Phi) is 6.57. The highest BCUT2D eigenvalue weighted by atomic mass is 16.5. The Morgan fingerprint density at radius 1 is 1.19 bits per heavy atom. The lowest BCUT2D eigenvalue weighted by atomic mass is 10.1. The zero-order chi connectivity index (χ0) is 15.7. The number of ether oxygens (including phenoxy) is 1. The number of hydrogen-bond donors (Lipinski definition) is 0. The molecule has 1 nitrogen and oxygen atoms in total. The van der Waals surface area contributed by atoms with E-state index in [-0.39, 0.29) is 0 Å². The molecule has 0 spiro atoms. The van der Waals surface area contributed by atoms with Crippen molar-refractivity contribution in [1.82, 2.24) is 0 Å². The monoisotopic (exact) mass is 276 g/mol. The SMILES string of the molecule is C=C=C(/C=C\C(=C=CC)Oc1ccc(C=C)cc1)C(=C)C. The summed E-state index contributed by atoms with van der Waals surface area (Å²) in [7, 11) is 0. The van der Waals surface area contributed by atoms with E-state index in [1.807, 2.05) is 50.3 Å². The lowest BCUT2D eigenvalue weighted by Gasteiger charge is -2.05. The van der Waals surface area contributed by atoms with E-state index in [0.717, 1.165) is 22.5 Å². The van der Waals surface area contributed by atoms with E-state index in [9.17, 15) is 0 Å². The summed E-state index contributed by atoms with van der Waals surface area (Å²) in [5, 5.41) is 0. The van der Waals surface area contributed by atoms with E-state index in [4.69, 9.17) is 4.74 Å². The summed E-state index contributed by atoms with van der Waals surface area (Å²) >= 11 is 0. The molecule has 0 fully saturated rings. The standard InChI is InChI=1S/C20H20O/c1-6-9-19(15-12-18(8-3)16(4)5)21-20-13-10-17(7-2)11-14-20/h6-7,10-15H,2-4H2,1,5H3/b15-12-. The molecule has 0 saturated carbocycles. The predicted molar refractivity (Wildman–Crippen MR) is 91.0 cm³/mol. The summed E-state index contributed by atoms with van der Waals surface area (Å²) in [6.45, 7) is 15.0. The number of rotatable bonds is 6. The fraction of sp³-hybridized carbons (Fsp3) is 0.100. The van der Waals surface area contributed by atoms with Crippen molar-refractivity contribution >= 4 is 6.08 Å². The zero-order valence-corrected chi connectivity index (χ0v) is 12.6. The van der Waals surface area contributed by atoms with E-state index in [0.29, 0.717) is 5.76 Å². The molecule has 0 N–H and O–H groups in total. The molecule has 0 aliphatic heterocycles. The summed E-state index contributed by atoms with van der Waals surface area (Å²) < 4.78 is 5.79. The molecule has 1 aromatic rings. The van der Waals surface area contributed by atoms with Crippen LogP contribution in [-0.2, 0) is 0 Å². The minimum atomic E-state index is 0.609. The number of benzene rings is 1. The van der Waals surface area contributed by atoms with E-state index >= 15 is 0 Å². The van der Waals surface area contributed by atoms with Gasteiger partial charge >= 0.3 is 0 Å². The van der Waals surface area contributed by atoms with E-state index < -0.39 is 0 Å². The van der Waals surface area contributed by atoms with Gasteiger partial charge in [-0.05, 0) is 55.3 Å². The van der Waals surface area contributed by atoms with E-state index in [2.05, 4.69) is 31.2 Å². The molecular weight excluding hydrogens is 256 g/mol. The molecule has 1 heteroatoms. The van der Waals surface area contributed by atoms with Crippen molar-refractivity contribution in [1.29, 1.82) is 0 Å². The molecule has 0 aliphatic rings. The minimum Gasteiger partial charge on any atom is -0.449 e. The number of hydrogen-bond acceptors (Lipinski definition) is 1. The van der Waals surface area contributed by atoms with Gasteiger partial charge in [0.05, 0.1) is 0 Å². The van der Waals surface area contributed by atoms with Gasteiger partial charge in [-0.15, -0.1) is 5.73 Å². The van der Waals surface area contributed by atoms with Gasteiger partial charge in [0.1, 0.15) is 5.75 Å². The molecule has 106 valence electrons. The second-order valence-corrected chi connectivity index (χ2v) is 4.38. The quantitative estimate of drug-likeness (QED) is 0.373. The Balaban J connectivity index is 2.96. The fourth-order valence-electron chi connectivity index (χ4n) is 1.56. The first-order valence-electron chi connectivity index (χ1n) is 6.66. The summed E-state index contributed by atoms with van der Waals surface area (Å²) in [4.78, 5) is 0. The van der Waals surface area contributed by atoms with Crippen molar-refractivity contribution in [2.24, 2.45) is 0 Å². The van der Waals surface area contributed by atoms with Crippen LogP contribution in [0.15, 0.2) is 90.6 Å². The van der Waals surface area contributed by atoms with E-state index in [1.54, 1.807) is 12.2 Å². The highest BCUT2D eigenvalue weighted by Gasteiger charge is 1.98. The largest absolute Gasteiger partial charge is 0.449 e. The molecule has 0 radical (unpaired) electrons. The highest BCUT2D eigenvalue weighted by molar-refractivity contribution is 5.48. The molecule has 0 bridgehead atoms. The maximum absolute atomic E-state index is 5.79. The minimum absolute atomic E-state index is 0.609. The topological polar surface area (TPSA) is 9.23 Å². The van der Waals surface area contributed by atoms with Crippen molar-refractivity contribution in [3.05, 3.63) is 96.2 Å². The molecule has 21 heavy (non-hydrogen) atoms. The lowest BCUT2D eigenvalue weighted by molar-refractivity contribution is 0.445. The van der Waals surface area contributed by atoms with Crippen LogP contribution in [0, 0.1) is 0 Å². The van der Waals surface area contributed by atoms with Crippen LogP contribution in [0.25, 0.3) is 6.08 Å². The highest BCUT2D eigenvalue weighted by Crippen LogP contribution is 2.17. The third kappa shape index (κ3) is 5.42. The van der Waals surface area contributed by atoms with Crippen molar-refractivity contribution in [3.8, 4) is 5.75 Å². The predicted octanol–water partition coefficient (Wildman–Crippen LogP) is 5.61. The van der Waals surface area contributed by atoms with Crippen LogP contribution in [0.3, 0.4) is 0 Å². The lowest BCUT2D eigenvalue weighted by Crippen LogP contribution is -1.91. The molecule has 0 unspecified atom stereocenters. The molecule has 1 rings (SSSR count). The Morgan fingerprint density at radius 2 is 1.86 bits per heavy atom. The van der Waals surface area contributed by atoms with Crippen molar-refractivity contribution < 1.29 is 4.74 Å². The molecular formula is C20H20O. The Hall–Kier alpha value is -2.72. The molecule has 0 heterocycles. The van der Waals surface area contributed by atoms with Crippen molar-refractivity contribution in [2.45, 2.75) is 13.8 Å². The van der Waals surface area contributed by atoms with E-state index in [1.165, 1.54) is 0 Å². The van der Waals surface area contributed by atoms with Crippen LogP contribution in [0.1, 0.15) is 19.4 Å². The molecule has 1 aromatic carbocycles. The van der Waals surface area contributed by atoms with Gasteiger partial charge in [0, 0.05) is 5.57 Å². The second-order valence-electron chi connectivity index (χ2n) is 4.38. The zero-order valence-electron chi connectivity index (χ0n) is 12.6. The first-order chi connectivity index (χ1) is 10.1. The van der Waals surface area contributed by atoms with Crippen molar-refractivity contribution in [3.63, 3.8) is 0 Å². The van der Waals surface area contributed by atoms with Crippen LogP contribution in [0.5, 0.6) is 5.75 Å². The van der Waals surface area contributed by atoms with Gasteiger partial charge < -0.3 is 4.74 Å². The molecule has 0 amide bonds. The van der Waals surface area contributed by atoms with Crippen LogP contribution in [0.2, 0.25) is 0 Å². The molecule has 0 aromatic heterocycles. The summed E-state index contributed by atoms with van der Waals surface area (Å²) in [6.07, 6.45) is 7.28. The van der Waals surface area contributed by atoms with Gasteiger partial charge in [-0.2, -0.15) is 0 Å². The van der Waals surface area contributed by atoms with Crippen LogP contribution in [-0.4, -0.2) is 0 Å². The first-order valence-corrected chi connectivity index (χ1v) is 6.66. The van der Waals surface area contributed by atoms with Gasteiger partial charge in [-0.25, -0.2) is 0 Å². The fourth-order valence-corrected chi connectivity index (χ4v) is 1.56. The van der Waals surface area contributed by atoms with Gasteiger partial charge in [-0.1, -0.05) is 43.7 Å². The maximum Gasteiger partial charge on any atom is 0.169 e. The third-order valence-electron chi connectivity index (χ3n) is 2.68. The summed E-state index contributed by atoms with van der Waals surface area (Å²) in [5.41, 5.74) is 8.68. The average Bonchev–Trinajstić information content (AvgIpc) is 2.48. The first kappa shape index (κ1) is 16.3. The van der Waals surface area contributed by atoms with Crippen LogP contribution in [0.4, 0.5) is 0 Å². The summed E-state index contributed by atoms with van der Waals surface area (Å²) in [6, 6.07) is 7.68. The Morgan fingerprint density at radius 3 is 2.33 bits per heavy atom. The average molecular weight is 276 g/mol. The molecule has 0 aliphatic carbocycles. The van der Waals surface area contributed by atoms with Crippen LogP contribution < -0.4 is 4.74 Å². The smallest absolute Gasteiger partial charge is 0.169 e. The van der Waals surface area contributed by atoms with Crippen molar-refractivity contribution in [2.75, 3.05) is 0 Å². The van der Waals surface area contributed by atoms with Gasteiger partial charge in [0.25, 0.3) is 0 Å². The molecule has 0 saturated heterocycles. The Bertz CT molecular complexity index is 656. The third-order valence-corrected chi connectivity index (χ3v) is 2.68. The number of allylic oxidation sites excluding steroid dienone is 4. The van der Waals surface area contributed by atoms with Gasteiger partial charge in [-0.3, -0.25) is 0 Å². The molecule has 0 atom stereocenters. The summed E-state index contributed by atoms with van der Waals surface area (Å²) in [5.74, 6) is 1.35. The normalized spacial score (nSPS) is 9.43. The van der Waals surface area contributed by atoms with Gasteiger partial charge in [0.2, 0.25) is 0 Å².